The summed E-state index contributed by atoms with van der Waals surface area (Å²) in [6.07, 6.45) is 5.15. The van der Waals surface area contributed by atoms with E-state index in [2.05, 4.69) is 10.2 Å². The number of thioether (sulfide) groups is 1. The van der Waals surface area contributed by atoms with Gasteiger partial charge in [0, 0.05) is 6.54 Å². The standard InChI is InChI=1S/C11H17N3O2S/c1-8-12-13-11(17-7-10(15)16)14(8)6-2-3-9-4-5-9/h9H,2-7H2,1H3,(H,15,16). The lowest BCUT2D eigenvalue weighted by Crippen LogP contribution is -2.05. The first-order chi connectivity index (χ1) is 8.16. The minimum absolute atomic E-state index is 0.0424. The van der Waals surface area contributed by atoms with Crippen LogP contribution in [0.5, 0.6) is 0 Å². The monoisotopic (exact) mass is 255 g/mol. The quantitative estimate of drug-likeness (QED) is 0.754. The Morgan fingerprint density at radius 1 is 1.53 bits per heavy atom. The van der Waals surface area contributed by atoms with Gasteiger partial charge in [-0.3, -0.25) is 4.79 Å². The van der Waals surface area contributed by atoms with Gasteiger partial charge in [0.15, 0.2) is 5.16 Å². The largest absolute Gasteiger partial charge is 0.481 e. The van der Waals surface area contributed by atoms with E-state index < -0.39 is 5.97 Å². The van der Waals surface area contributed by atoms with E-state index in [9.17, 15) is 4.79 Å². The van der Waals surface area contributed by atoms with Crippen LogP contribution in [0.4, 0.5) is 0 Å². The Bertz CT molecular complexity index is 401. The second-order valence-corrected chi connectivity index (χ2v) is 5.39. The molecule has 0 bridgehead atoms. The first kappa shape index (κ1) is 12.4. The van der Waals surface area contributed by atoms with Gasteiger partial charge in [0.1, 0.15) is 5.82 Å². The van der Waals surface area contributed by atoms with Gasteiger partial charge in [-0.25, -0.2) is 0 Å². The van der Waals surface area contributed by atoms with Crippen molar-refractivity contribution in [2.75, 3.05) is 5.75 Å². The number of aliphatic carboxylic acids is 1. The van der Waals surface area contributed by atoms with E-state index >= 15 is 0 Å². The number of hydrogen-bond acceptors (Lipinski definition) is 4. The third-order valence-corrected chi connectivity index (χ3v) is 3.87. The van der Waals surface area contributed by atoms with Crippen LogP contribution in [0.15, 0.2) is 5.16 Å². The zero-order chi connectivity index (χ0) is 12.3. The first-order valence-electron chi connectivity index (χ1n) is 5.91. The van der Waals surface area contributed by atoms with Gasteiger partial charge in [-0.05, 0) is 25.7 Å². The lowest BCUT2D eigenvalue weighted by molar-refractivity contribution is -0.133. The molecule has 1 N–H and O–H groups in total. The van der Waals surface area contributed by atoms with Crippen molar-refractivity contribution in [1.82, 2.24) is 14.8 Å². The highest BCUT2D eigenvalue weighted by Crippen LogP contribution is 2.33. The maximum Gasteiger partial charge on any atom is 0.313 e. The molecule has 0 saturated heterocycles. The highest BCUT2D eigenvalue weighted by molar-refractivity contribution is 7.99. The maximum atomic E-state index is 10.5. The highest BCUT2D eigenvalue weighted by Gasteiger charge is 2.20. The predicted octanol–water partition coefficient (Wildman–Crippen LogP) is 1.95. The van der Waals surface area contributed by atoms with Crippen LogP contribution in [-0.2, 0) is 11.3 Å². The molecule has 0 aromatic carbocycles. The van der Waals surface area contributed by atoms with Crippen molar-refractivity contribution in [3.63, 3.8) is 0 Å². The Labute approximate surface area is 105 Å². The average molecular weight is 255 g/mol. The molecule has 1 aliphatic rings. The summed E-state index contributed by atoms with van der Waals surface area (Å²) in [6.45, 7) is 2.81. The molecule has 0 spiro atoms. The summed E-state index contributed by atoms with van der Waals surface area (Å²) >= 11 is 1.24. The molecule has 17 heavy (non-hydrogen) atoms. The Balaban J connectivity index is 1.88. The minimum atomic E-state index is -0.819. The fourth-order valence-corrected chi connectivity index (χ4v) is 2.53. The molecule has 0 amide bonds. The summed E-state index contributed by atoms with van der Waals surface area (Å²) in [7, 11) is 0. The number of rotatable bonds is 7. The Morgan fingerprint density at radius 3 is 2.94 bits per heavy atom. The molecule has 94 valence electrons. The van der Waals surface area contributed by atoms with E-state index in [1.807, 2.05) is 11.5 Å². The van der Waals surface area contributed by atoms with Gasteiger partial charge < -0.3 is 9.67 Å². The van der Waals surface area contributed by atoms with Gasteiger partial charge in [-0.2, -0.15) is 0 Å². The van der Waals surface area contributed by atoms with E-state index in [-0.39, 0.29) is 5.75 Å². The minimum Gasteiger partial charge on any atom is -0.481 e. The van der Waals surface area contributed by atoms with E-state index in [0.717, 1.165) is 29.9 Å². The van der Waals surface area contributed by atoms with E-state index in [1.165, 1.54) is 31.0 Å². The van der Waals surface area contributed by atoms with Crippen LogP contribution in [0.3, 0.4) is 0 Å². The number of aromatic nitrogens is 3. The van der Waals surface area contributed by atoms with Crippen molar-refractivity contribution in [1.29, 1.82) is 0 Å². The summed E-state index contributed by atoms with van der Waals surface area (Å²) in [6, 6.07) is 0. The number of carboxylic acids is 1. The molecule has 1 aromatic rings. The summed E-state index contributed by atoms with van der Waals surface area (Å²) < 4.78 is 2.02. The third kappa shape index (κ3) is 3.73. The molecular formula is C11H17N3O2S. The van der Waals surface area contributed by atoms with Gasteiger partial charge in [0.25, 0.3) is 0 Å². The molecule has 1 heterocycles. The van der Waals surface area contributed by atoms with Crippen LogP contribution in [0.2, 0.25) is 0 Å². The lowest BCUT2D eigenvalue weighted by atomic mass is 10.2. The molecule has 1 saturated carbocycles. The number of carbonyl (C=O) groups is 1. The summed E-state index contributed by atoms with van der Waals surface area (Å²) in [5.74, 6) is 1.02. The van der Waals surface area contributed by atoms with Gasteiger partial charge in [0.2, 0.25) is 0 Å². The molecule has 2 rings (SSSR count). The molecular weight excluding hydrogens is 238 g/mol. The van der Waals surface area contributed by atoms with Gasteiger partial charge in [-0.1, -0.05) is 24.6 Å². The van der Waals surface area contributed by atoms with E-state index in [0.29, 0.717) is 0 Å². The topological polar surface area (TPSA) is 68.0 Å². The van der Waals surface area contributed by atoms with Crippen LogP contribution in [-0.4, -0.2) is 31.6 Å². The van der Waals surface area contributed by atoms with Crippen molar-refractivity contribution in [3.8, 4) is 0 Å². The number of aryl methyl sites for hydroxylation is 1. The second-order valence-electron chi connectivity index (χ2n) is 4.45. The Morgan fingerprint density at radius 2 is 2.29 bits per heavy atom. The molecule has 0 radical (unpaired) electrons. The third-order valence-electron chi connectivity index (χ3n) is 2.92. The van der Waals surface area contributed by atoms with Gasteiger partial charge in [-0.15, -0.1) is 10.2 Å². The molecule has 0 atom stereocenters. The zero-order valence-electron chi connectivity index (χ0n) is 9.93. The predicted molar refractivity (Wildman–Crippen MR) is 65.1 cm³/mol. The van der Waals surface area contributed by atoms with Crippen LogP contribution in [0.25, 0.3) is 0 Å². The summed E-state index contributed by atoms with van der Waals surface area (Å²) in [5, 5.41) is 17.4. The van der Waals surface area contributed by atoms with Crippen molar-refractivity contribution in [2.45, 2.75) is 44.3 Å². The normalized spacial score (nSPS) is 15.1. The fraction of sp³-hybridized carbons (Fsp3) is 0.727. The molecule has 1 aromatic heterocycles. The first-order valence-corrected chi connectivity index (χ1v) is 6.90. The van der Waals surface area contributed by atoms with Crippen molar-refractivity contribution in [2.24, 2.45) is 5.92 Å². The molecule has 1 fully saturated rings. The summed E-state index contributed by atoms with van der Waals surface area (Å²) in [5.41, 5.74) is 0. The van der Waals surface area contributed by atoms with Crippen LogP contribution >= 0.6 is 11.8 Å². The van der Waals surface area contributed by atoms with E-state index in [1.54, 1.807) is 0 Å². The summed E-state index contributed by atoms with van der Waals surface area (Å²) in [4.78, 5) is 10.5. The Hall–Kier alpha value is -1.04. The van der Waals surface area contributed by atoms with Gasteiger partial charge in [0.05, 0.1) is 5.75 Å². The molecule has 5 nitrogen and oxygen atoms in total. The number of carboxylic acid groups (broad SMARTS) is 1. The zero-order valence-corrected chi connectivity index (χ0v) is 10.7. The molecule has 0 unspecified atom stereocenters. The molecule has 0 aliphatic heterocycles. The fourth-order valence-electron chi connectivity index (χ4n) is 1.80. The van der Waals surface area contributed by atoms with Crippen molar-refractivity contribution in [3.05, 3.63) is 5.82 Å². The Kier molecular flexibility index (Phi) is 4.04. The number of nitrogens with zero attached hydrogens (tertiary/aromatic N) is 3. The second kappa shape index (κ2) is 5.53. The van der Waals surface area contributed by atoms with E-state index in [4.69, 9.17) is 5.11 Å². The van der Waals surface area contributed by atoms with Crippen molar-refractivity contribution >= 4 is 17.7 Å². The van der Waals surface area contributed by atoms with Crippen LogP contribution < -0.4 is 0 Å². The smallest absolute Gasteiger partial charge is 0.313 e. The van der Waals surface area contributed by atoms with Gasteiger partial charge >= 0.3 is 5.97 Å². The number of hydrogen-bond donors (Lipinski definition) is 1. The average Bonchev–Trinajstić information content (AvgIpc) is 3.03. The van der Waals surface area contributed by atoms with Crippen LogP contribution in [0, 0.1) is 12.8 Å². The molecule has 6 heteroatoms. The molecule has 1 aliphatic carbocycles. The van der Waals surface area contributed by atoms with Crippen LogP contribution in [0.1, 0.15) is 31.5 Å². The lowest BCUT2D eigenvalue weighted by Gasteiger charge is -2.06. The SMILES string of the molecule is Cc1nnc(SCC(=O)O)n1CCCC1CC1. The van der Waals surface area contributed by atoms with Crippen molar-refractivity contribution < 1.29 is 9.90 Å². The maximum absolute atomic E-state index is 10.5. The highest BCUT2D eigenvalue weighted by atomic mass is 32.2.